The molecule has 20 heavy (non-hydrogen) atoms. The van der Waals surface area contributed by atoms with Crippen LogP contribution in [0.5, 0.6) is 0 Å². The molecule has 0 aromatic rings. The highest BCUT2D eigenvalue weighted by Gasteiger charge is 2.62. The number of ether oxygens (including phenoxy) is 2. The molecule has 4 nitrogen and oxygen atoms in total. The second-order valence-corrected chi connectivity index (χ2v) is 7.49. The summed E-state index contributed by atoms with van der Waals surface area (Å²) in [5, 5.41) is 0. The van der Waals surface area contributed by atoms with Crippen molar-refractivity contribution in [2.45, 2.75) is 76.5 Å². The molecule has 4 heteroatoms. The fourth-order valence-corrected chi connectivity index (χ4v) is 4.79. The van der Waals surface area contributed by atoms with Crippen LogP contribution in [-0.2, 0) is 19.2 Å². The predicted molar refractivity (Wildman–Crippen MR) is 72.6 cm³/mol. The van der Waals surface area contributed by atoms with Gasteiger partial charge in [-0.1, -0.05) is 20.3 Å². The summed E-state index contributed by atoms with van der Waals surface area (Å²) in [4.78, 5) is 12.0. The summed E-state index contributed by atoms with van der Waals surface area (Å²) in [6, 6.07) is 0. The van der Waals surface area contributed by atoms with E-state index in [-0.39, 0.29) is 11.9 Å². The van der Waals surface area contributed by atoms with Crippen LogP contribution in [-0.4, -0.2) is 24.3 Å². The van der Waals surface area contributed by atoms with Crippen molar-refractivity contribution >= 4 is 0 Å². The molecule has 5 atom stereocenters. The summed E-state index contributed by atoms with van der Waals surface area (Å²) < 4.78 is 12.4. The molecule has 2 unspecified atom stereocenters. The summed E-state index contributed by atoms with van der Waals surface area (Å²) in [7, 11) is 0. The van der Waals surface area contributed by atoms with Gasteiger partial charge in [0.25, 0.3) is 0 Å². The molecule has 4 aliphatic rings. The van der Waals surface area contributed by atoms with E-state index >= 15 is 0 Å². The van der Waals surface area contributed by atoms with Crippen LogP contribution in [0.3, 0.4) is 0 Å². The summed E-state index contributed by atoms with van der Waals surface area (Å²) in [6.07, 6.45) is 7.39. The van der Waals surface area contributed by atoms with Gasteiger partial charge in [-0.05, 0) is 37.5 Å². The lowest BCUT2D eigenvalue weighted by atomic mass is 9.65. The van der Waals surface area contributed by atoms with Gasteiger partial charge in [0, 0.05) is 18.8 Å². The summed E-state index contributed by atoms with van der Waals surface area (Å²) in [6.45, 7) is 5.34. The molecule has 2 heterocycles. The maximum atomic E-state index is 6.33. The standard InChI is InChI=1S/C16H26O4/c1-11-5-6-13-12(2)10-17-14-16(13,9-11)20-19-15(18-14)7-3-4-8-15/h11-14H,3-10H2,1-2H3/t11-,12+,13?,14?,16-/m0/s1. The largest absolute Gasteiger partial charge is 0.349 e. The molecule has 4 fully saturated rings. The zero-order chi connectivity index (χ0) is 13.8. The van der Waals surface area contributed by atoms with E-state index in [0.717, 1.165) is 38.7 Å². The minimum absolute atomic E-state index is 0.238. The Morgan fingerprint density at radius 1 is 1.00 bits per heavy atom. The molecular formula is C16H26O4. The van der Waals surface area contributed by atoms with E-state index in [4.69, 9.17) is 19.2 Å². The van der Waals surface area contributed by atoms with Crippen molar-refractivity contribution in [2.75, 3.05) is 6.61 Å². The average Bonchev–Trinajstić information content (AvgIpc) is 2.88. The van der Waals surface area contributed by atoms with Crippen LogP contribution in [0.2, 0.25) is 0 Å². The molecule has 114 valence electrons. The Bertz CT molecular complexity index is 379. The van der Waals surface area contributed by atoms with Gasteiger partial charge in [-0.3, -0.25) is 0 Å². The van der Waals surface area contributed by atoms with Gasteiger partial charge in [0.2, 0.25) is 5.79 Å². The van der Waals surface area contributed by atoms with Crippen molar-refractivity contribution in [3.8, 4) is 0 Å². The topological polar surface area (TPSA) is 36.9 Å². The first-order valence-electron chi connectivity index (χ1n) is 8.30. The lowest BCUT2D eigenvalue weighted by Crippen LogP contribution is -2.67. The third-order valence-corrected chi connectivity index (χ3v) is 5.90. The third-order valence-electron chi connectivity index (χ3n) is 5.90. The van der Waals surface area contributed by atoms with Crippen LogP contribution in [0.15, 0.2) is 0 Å². The minimum Gasteiger partial charge on any atom is -0.349 e. The van der Waals surface area contributed by atoms with Gasteiger partial charge in [0.05, 0.1) is 6.61 Å². The molecule has 2 aliphatic heterocycles. The summed E-state index contributed by atoms with van der Waals surface area (Å²) in [5.74, 6) is 1.13. The molecule has 2 saturated carbocycles. The number of hydrogen-bond acceptors (Lipinski definition) is 4. The van der Waals surface area contributed by atoms with E-state index < -0.39 is 5.79 Å². The quantitative estimate of drug-likeness (QED) is 0.638. The predicted octanol–water partition coefficient (Wildman–Crippen LogP) is 3.40. The van der Waals surface area contributed by atoms with Crippen molar-refractivity contribution in [1.82, 2.24) is 0 Å². The first-order chi connectivity index (χ1) is 9.64. The molecular weight excluding hydrogens is 256 g/mol. The van der Waals surface area contributed by atoms with Crippen molar-refractivity contribution < 1.29 is 19.2 Å². The fourth-order valence-electron chi connectivity index (χ4n) is 4.79. The van der Waals surface area contributed by atoms with E-state index in [2.05, 4.69) is 13.8 Å². The Labute approximate surface area is 121 Å². The van der Waals surface area contributed by atoms with Crippen molar-refractivity contribution in [3.05, 3.63) is 0 Å². The molecule has 0 radical (unpaired) electrons. The molecule has 0 bridgehead atoms. The Hall–Kier alpha value is -0.160. The molecule has 0 aromatic heterocycles. The van der Waals surface area contributed by atoms with Gasteiger partial charge < -0.3 is 9.47 Å². The monoisotopic (exact) mass is 282 g/mol. The summed E-state index contributed by atoms with van der Waals surface area (Å²) >= 11 is 0. The van der Waals surface area contributed by atoms with Crippen LogP contribution in [0.25, 0.3) is 0 Å². The first kappa shape index (κ1) is 13.5. The molecule has 0 aromatic carbocycles. The van der Waals surface area contributed by atoms with Crippen molar-refractivity contribution in [2.24, 2.45) is 17.8 Å². The Morgan fingerprint density at radius 3 is 2.60 bits per heavy atom. The number of rotatable bonds is 0. The van der Waals surface area contributed by atoms with Gasteiger partial charge >= 0.3 is 0 Å². The van der Waals surface area contributed by atoms with Crippen LogP contribution in [0.4, 0.5) is 0 Å². The van der Waals surface area contributed by atoms with Crippen LogP contribution in [0, 0.1) is 17.8 Å². The normalized spacial score (nSPS) is 50.7. The van der Waals surface area contributed by atoms with Gasteiger partial charge in [-0.25, -0.2) is 9.78 Å². The van der Waals surface area contributed by atoms with Crippen molar-refractivity contribution in [3.63, 3.8) is 0 Å². The summed E-state index contributed by atoms with van der Waals surface area (Å²) in [5.41, 5.74) is -0.372. The maximum Gasteiger partial charge on any atom is 0.204 e. The third kappa shape index (κ3) is 1.88. The zero-order valence-electron chi connectivity index (χ0n) is 12.6. The van der Waals surface area contributed by atoms with Crippen LogP contribution in [0.1, 0.15) is 58.8 Å². The van der Waals surface area contributed by atoms with Crippen molar-refractivity contribution in [1.29, 1.82) is 0 Å². The molecule has 0 N–H and O–H groups in total. The second-order valence-electron chi connectivity index (χ2n) is 7.49. The molecule has 2 spiro atoms. The van der Waals surface area contributed by atoms with Gasteiger partial charge in [-0.2, -0.15) is 0 Å². The van der Waals surface area contributed by atoms with Crippen LogP contribution >= 0.6 is 0 Å². The fraction of sp³-hybridized carbons (Fsp3) is 1.00. The lowest BCUT2D eigenvalue weighted by molar-refractivity contribution is -0.571. The maximum absolute atomic E-state index is 6.33. The van der Waals surface area contributed by atoms with E-state index in [1.807, 2.05) is 0 Å². The number of hydrogen-bond donors (Lipinski definition) is 0. The molecule has 2 saturated heterocycles. The van der Waals surface area contributed by atoms with Gasteiger partial charge in [0.1, 0.15) is 0 Å². The van der Waals surface area contributed by atoms with E-state index in [9.17, 15) is 0 Å². The van der Waals surface area contributed by atoms with Gasteiger partial charge in [-0.15, -0.1) is 0 Å². The Balaban J connectivity index is 1.62. The zero-order valence-corrected chi connectivity index (χ0v) is 12.6. The van der Waals surface area contributed by atoms with Gasteiger partial charge in [0.15, 0.2) is 11.9 Å². The highest BCUT2D eigenvalue weighted by molar-refractivity contribution is 5.02. The highest BCUT2D eigenvalue weighted by Crippen LogP contribution is 2.54. The SMILES string of the molecule is C[C@H]1CCC2[C@H](C)COC3OC4(CCCC4)OO[C@]32C1. The lowest BCUT2D eigenvalue weighted by Gasteiger charge is -2.57. The molecule has 2 aliphatic carbocycles. The highest BCUT2D eigenvalue weighted by atomic mass is 17.3. The van der Waals surface area contributed by atoms with E-state index in [1.165, 1.54) is 12.8 Å². The Morgan fingerprint density at radius 2 is 1.80 bits per heavy atom. The van der Waals surface area contributed by atoms with E-state index in [1.54, 1.807) is 0 Å². The van der Waals surface area contributed by atoms with E-state index in [0.29, 0.717) is 17.8 Å². The second kappa shape index (κ2) is 4.67. The molecule has 4 rings (SSSR count). The average molecular weight is 282 g/mol. The molecule has 0 amide bonds. The van der Waals surface area contributed by atoms with Crippen LogP contribution < -0.4 is 0 Å². The Kier molecular flexibility index (Phi) is 3.15. The first-order valence-corrected chi connectivity index (χ1v) is 8.30. The smallest absolute Gasteiger partial charge is 0.204 e. The minimum atomic E-state index is -0.526.